The van der Waals surface area contributed by atoms with Gasteiger partial charge in [0.1, 0.15) is 11.8 Å². The first kappa shape index (κ1) is 20.3. The lowest BCUT2D eigenvalue weighted by molar-refractivity contribution is -0.138. The fourth-order valence-electron chi connectivity index (χ4n) is 3.90. The zero-order valence-corrected chi connectivity index (χ0v) is 17.6. The number of aromatic hydroxyl groups is 1. The van der Waals surface area contributed by atoms with Crippen LogP contribution in [0.25, 0.3) is 10.8 Å². The Balaban J connectivity index is 1.75. The molecule has 2 amide bonds. The van der Waals surface area contributed by atoms with Crippen molar-refractivity contribution in [2.24, 2.45) is 0 Å². The minimum absolute atomic E-state index is 0.0237. The first-order valence-electron chi connectivity index (χ1n) is 10.0. The summed E-state index contributed by atoms with van der Waals surface area (Å²) < 4.78 is 0. The van der Waals surface area contributed by atoms with Gasteiger partial charge < -0.3 is 15.3 Å². The highest BCUT2D eigenvalue weighted by Crippen LogP contribution is 2.36. The molecule has 1 saturated heterocycles. The summed E-state index contributed by atoms with van der Waals surface area (Å²) in [5.74, 6) is 0.999. The Labute approximate surface area is 180 Å². The molecule has 30 heavy (non-hydrogen) atoms. The maximum atomic E-state index is 13.3. The molecule has 0 aromatic heterocycles. The van der Waals surface area contributed by atoms with Crippen molar-refractivity contribution < 1.29 is 14.7 Å². The molecule has 6 heteroatoms. The van der Waals surface area contributed by atoms with Crippen LogP contribution in [-0.4, -0.2) is 39.5 Å². The van der Waals surface area contributed by atoms with Gasteiger partial charge in [-0.2, -0.15) is 0 Å². The quantitative estimate of drug-likeness (QED) is 0.653. The third-order valence-electron chi connectivity index (χ3n) is 5.46. The number of benzene rings is 3. The van der Waals surface area contributed by atoms with Gasteiger partial charge in [0.25, 0.3) is 0 Å². The van der Waals surface area contributed by atoms with Gasteiger partial charge in [-0.05, 0) is 22.4 Å². The zero-order valence-electron chi connectivity index (χ0n) is 16.7. The first-order chi connectivity index (χ1) is 14.6. The molecule has 0 bridgehead atoms. The van der Waals surface area contributed by atoms with E-state index in [1.54, 1.807) is 29.7 Å². The molecule has 1 heterocycles. The van der Waals surface area contributed by atoms with Crippen LogP contribution in [0, 0.1) is 0 Å². The van der Waals surface area contributed by atoms with Crippen LogP contribution in [0.5, 0.6) is 5.75 Å². The average molecular weight is 421 g/mol. The molecule has 1 aliphatic heterocycles. The van der Waals surface area contributed by atoms with Crippen molar-refractivity contribution in [2.45, 2.75) is 25.4 Å². The number of fused-ring (bicyclic) bond motifs is 1. The number of thioether (sulfide) groups is 1. The van der Waals surface area contributed by atoms with Gasteiger partial charge in [-0.1, -0.05) is 67.6 Å². The van der Waals surface area contributed by atoms with E-state index in [9.17, 15) is 14.7 Å². The molecule has 0 unspecified atom stereocenters. The van der Waals surface area contributed by atoms with E-state index in [2.05, 4.69) is 5.32 Å². The molecule has 0 aliphatic carbocycles. The van der Waals surface area contributed by atoms with Crippen molar-refractivity contribution in [3.05, 3.63) is 77.9 Å². The van der Waals surface area contributed by atoms with Gasteiger partial charge in [0.05, 0.1) is 11.9 Å². The van der Waals surface area contributed by atoms with Gasteiger partial charge >= 0.3 is 0 Å². The Kier molecular flexibility index (Phi) is 5.95. The summed E-state index contributed by atoms with van der Waals surface area (Å²) >= 11 is 1.58. The summed E-state index contributed by atoms with van der Waals surface area (Å²) in [7, 11) is 0. The Morgan fingerprint density at radius 2 is 1.83 bits per heavy atom. The standard InChI is InChI=1S/C24H24N2O3S/c1-2-21(28)26-15-30-14-19(26)24(29)25-23(17-9-4-3-5-10-17)22-18-11-7-6-8-16(18)12-13-20(22)27/h3-13,19,23,27H,2,14-15H2,1H3,(H,25,29)/t19-,23-/m0/s1. The van der Waals surface area contributed by atoms with Gasteiger partial charge in [0, 0.05) is 17.7 Å². The van der Waals surface area contributed by atoms with E-state index in [4.69, 9.17) is 0 Å². The molecule has 154 valence electrons. The third kappa shape index (κ3) is 3.87. The second kappa shape index (κ2) is 8.79. The lowest BCUT2D eigenvalue weighted by Gasteiger charge is -2.27. The summed E-state index contributed by atoms with van der Waals surface area (Å²) in [4.78, 5) is 27.2. The average Bonchev–Trinajstić information content (AvgIpc) is 3.28. The van der Waals surface area contributed by atoms with Crippen molar-refractivity contribution in [3.63, 3.8) is 0 Å². The van der Waals surface area contributed by atoms with Gasteiger partial charge in [-0.15, -0.1) is 11.8 Å². The van der Waals surface area contributed by atoms with Crippen LogP contribution in [0.4, 0.5) is 0 Å². The lowest BCUT2D eigenvalue weighted by atomic mass is 9.92. The van der Waals surface area contributed by atoms with Gasteiger partial charge in [0.15, 0.2) is 0 Å². The number of carbonyl (C=O) groups is 2. The Morgan fingerprint density at radius 1 is 1.10 bits per heavy atom. The molecule has 3 aromatic carbocycles. The predicted molar refractivity (Wildman–Crippen MR) is 120 cm³/mol. The van der Waals surface area contributed by atoms with Crippen LogP contribution in [0.2, 0.25) is 0 Å². The zero-order chi connectivity index (χ0) is 21.1. The highest BCUT2D eigenvalue weighted by atomic mass is 32.2. The fraction of sp³-hybridized carbons (Fsp3) is 0.250. The highest BCUT2D eigenvalue weighted by Gasteiger charge is 2.35. The summed E-state index contributed by atoms with van der Waals surface area (Å²) in [5, 5.41) is 15.8. The Hall–Kier alpha value is -2.99. The van der Waals surface area contributed by atoms with Crippen LogP contribution in [0.1, 0.15) is 30.5 Å². The molecule has 2 atom stereocenters. The predicted octanol–water partition coefficient (Wildman–Crippen LogP) is 4.06. The number of phenols is 1. The van der Waals surface area contributed by atoms with E-state index in [0.717, 1.165) is 16.3 Å². The Bertz CT molecular complexity index is 1070. The van der Waals surface area contributed by atoms with Crippen LogP contribution in [-0.2, 0) is 9.59 Å². The number of hydrogen-bond donors (Lipinski definition) is 2. The second-order valence-corrected chi connectivity index (χ2v) is 8.30. The van der Waals surface area contributed by atoms with Crippen molar-refractivity contribution in [2.75, 3.05) is 11.6 Å². The van der Waals surface area contributed by atoms with Crippen LogP contribution in [0.15, 0.2) is 66.7 Å². The SMILES string of the molecule is CCC(=O)N1CSC[C@H]1C(=O)N[C@@H](c1ccccc1)c1c(O)ccc2ccccc12. The molecular weight excluding hydrogens is 396 g/mol. The molecule has 1 fully saturated rings. The van der Waals surface area contributed by atoms with E-state index < -0.39 is 12.1 Å². The number of nitrogens with one attached hydrogen (secondary N) is 1. The molecular formula is C24H24N2O3S. The maximum Gasteiger partial charge on any atom is 0.244 e. The summed E-state index contributed by atoms with van der Waals surface area (Å²) in [6, 6.07) is 19.9. The second-order valence-electron chi connectivity index (χ2n) is 7.30. The summed E-state index contributed by atoms with van der Waals surface area (Å²) in [6.07, 6.45) is 0.372. The van der Waals surface area contributed by atoms with Crippen LogP contribution >= 0.6 is 11.8 Å². The van der Waals surface area contributed by atoms with Crippen molar-refractivity contribution in [1.29, 1.82) is 0 Å². The largest absolute Gasteiger partial charge is 0.508 e. The van der Waals surface area contributed by atoms with Crippen LogP contribution < -0.4 is 5.32 Å². The number of nitrogens with zero attached hydrogens (tertiary/aromatic N) is 1. The van der Waals surface area contributed by atoms with Gasteiger partial charge in [-0.25, -0.2) is 0 Å². The number of phenolic OH excluding ortho intramolecular Hbond substituents is 1. The molecule has 0 saturated carbocycles. The van der Waals surface area contributed by atoms with E-state index in [1.807, 2.05) is 60.7 Å². The topological polar surface area (TPSA) is 69.6 Å². The minimum Gasteiger partial charge on any atom is -0.508 e. The number of hydrogen-bond acceptors (Lipinski definition) is 4. The summed E-state index contributed by atoms with van der Waals surface area (Å²) in [5.41, 5.74) is 1.53. The molecule has 1 aliphatic rings. The van der Waals surface area contributed by atoms with E-state index in [0.29, 0.717) is 23.6 Å². The number of carbonyl (C=O) groups excluding carboxylic acids is 2. The number of rotatable bonds is 5. The van der Waals surface area contributed by atoms with Crippen molar-refractivity contribution in [3.8, 4) is 5.75 Å². The molecule has 5 nitrogen and oxygen atoms in total. The third-order valence-corrected chi connectivity index (χ3v) is 6.48. The molecule has 3 aromatic rings. The number of amides is 2. The van der Waals surface area contributed by atoms with Gasteiger partial charge in [-0.3, -0.25) is 9.59 Å². The molecule has 0 radical (unpaired) electrons. The van der Waals surface area contributed by atoms with E-state index in [-0.39, 0.29) is 17.6 Å². The Morgan fingerprint density at radius 3 is 2.60 bits per heavy atom. The molecule has 0 spiro atoms. The monoisotopic (exact) mass is 420 g/mol. The van der Waals surface area contributed by atoms with E-state index in [1.165, 1.54) is 0 Å². The summed E-state index contributed by atoms with van der Waals surface area (Å²) in [6.45, 7) is 1.81. The van der Waals surface area contributed by atoms with Gasteiger partial charge in [0.2, 0.25) is 11.8 Å². The minimum atomic E-state index is -0.533. The lowest BCUT2D eigenvalue weighted by Crippen LogP contribution is -2.48. The van der Waals surface area contributed by atoms with Crippen LogP contribution in [0.3, 0.4) is 0 Å². The van der Waals surface area contributed by atoms with E-state index >= 15 is 0 Å². The first-order valence-corrected chi connectivity index (χ1v) is 11.2. The smallest absolute Gasteiger partial charge is 0.244 e. The molecule has 2 N–H and O–H groups in total. The maximum absolute atomic E-state index is 13.3. The molecule has 4 rings (SSSR count). The van der Waals surface area contributed by atoms with Crippen molar-refractivity contribution >= 4 is 34.3 Å². The fourth-order valence-corrected chi connectivity index (χ4v) is 5.08. The normalized spacial score (nSPS) is 17.1. The highest BCUT2D eigenvalue weighted by molar-refractivity contribution is 7.99. The van der Waals surface area contributed by atoms with Crippen molar-refractivity contribution in [1.82, 2.24) is 10.2 Å².